The zero-order valence-electron chi connectivity index (χ0n) is 12.2. The topological polar surface area (TPSA) is 52.9 Å². The molecule has 0 aliphatic carbocycles. The van der Waals surface area contributed by atoms with Crippen LogP contribution in [0.15, 0.2) is 24.3 Å². The predicted molar refractivity (Wildman–Crippen MR) is 78.9 cm³/mol. The van der Waals surface area contributed by atoms with Gasteiger partial charge in [0.05, 0.1) is 13.2 Å². The van der Waals surface area contributed by atoms with Crippen LogP contribution >= 0.6 is 0 Å². The number of hydrogen-bond donors (Lipinski definition) is 2. The number of aliphatic hydroxyl groups is 2. The van der Waals surface area contributed by atoms with Crippen LogP contribution in [0.4, 0.5) is 0 Å². The summed E-state index contributed by atoms with van der Waals surface area (Å²) in [7, 11) is 1.63. The quantitative estimate of drug-likeness (QED) is 0.836. The van der Waals surface area contributed by atoms with E-state index in [-0.39, 0.29) is 6.61 Å². The molecule has 112 valence electrons. The third-order valence-corrected chi connectivity index (χ3v) is 4.10. The maximum absolute atomic E-state index is 10.4. The second kappa shape index (κ2) is 7.62. The fourth-order valence-corrected chi connectivity index (χ4v) is 2.95. The second-order valence-corrected chi connectivity index (χ2v) is 5.45. The van der Waals surface area contributed by atoms with Gasteiger partial charge < -0.3 is 14.9 Å². The Hall–Kier alpha value is -1.10. The summed E-state index contributed by atoms with van der Waals surface area (Å²) >= 11 is 0. The van der Waals surface area contributed by atoms with Crippen LogP contribution in [0.1, 0.15) is 37.4 Å². The van der Waals surface area contributed by atoms with Crippen molar-refractivity contribution in [1.82, 2.24) is 4.90 Å². The third kappa shape index (κ3) is 3.95. The first-order chi connectivity index (χ1) is 9.74. The van der Waals surface area contributed by atoms with Crippen LogP contribution in [0.25, 0.3) is 0 Å². The molecule has 0 saturated carbocycles. The Kier molecular flexibility index (Phi) is 5.83. The number of aliphatic hydroxyl groups excluding tert-OH is 2. The molecular weight excluding hydrogens is 254 g/mol. The van der Waals surface area contributed by atoms with Gasteiger partial charge in [0.25, 0.3) is 0 Å². The van der Waals surface area contributed by atoms with E-state index in [1.54, 1.807) is 7.11 Å². The molecular formula is C16H25NO3. The van der Waals surface area contributed by atoms with Gasteiger partial charge in [-0.15, -0.1) is 0 Å². The molecule has 1 aromatic rings. The molecule has 20 heavy (non-hydrogen) atoms. The van der Waals surface area contributed by atoms with E-state index < -0.39 is 6.10 Å². The molecule has 2 unspecified atom stereocenters. The Morgan fingerprint density at radius 1 is 1.40 bits per heavy atom. The first kappa shape index (κ1) is 15.3. The summed E-state index contributed by atoms with van der Waals surface area (Å²) in [6.07, 6.45) is 3.80. The minimum absolute atomic E-state index is 0.219. The van der Waals surface area contributed by atoms with Crippen molar-refractivity contribution < 1.29 is 14.9 Å². The maximum Gasteiger partial charge on any atom is 0.119 e. The number of rotatable bonds is 6. The van der Waals surface area contributed by atoms with Gasteiger partial charge in [-0.3, -0.25) is 4.90 Å². The molecule has 0 bridgehead atoms. The summed E-state index contributed by atoms with van der Waals surface area (Å²) in [5.41, 5.74) is 0.887. The third-order valence-electron chi connectivity index (χ3n) is 4.10. The predicted octanol–water partition coefficient (Wildman–Crippen LogP) is 1.97. The number of benzene rings is 1. The molecule has 2 atom stereocenters. The average Bonchev–Trinajstić information content (AvgIpc) is 2.49. The summed E-state index contributed by atoms with van der Waals surface area (Å²) in [6.45, 7) is 1.85. The summed E-state index contributed by atoms with van der Waals surface area (Å²) in [5.74, 6) is 0.770. The van der Waals surface area contributed by atoms with Crippen molar-refractivity contribution >= 4 is 0 Å². The Morgan fingerprint density at radius 2 is 2.25 bits per heavy atom. The lowest BCUT2D eigenvalue weighted by atomic mass is 9.98. The summed E-state index contributed by atoms with van der Waals surface area (Å²) in [6, 6.07) is 7.99. The number of nitrogens with zero attached hydrogens (tertiary/aromatic N) is 1. The summed E-state index contributed by atoms with van der Waals surface area (Å²) < 4.78 is 5.20. The highest BCUT2D eigenvalue weighted by atomic mass is 16.5. The van der Waals surface area contributed by atoms with E-state index in [0.29, 0.717) is 12.6 Å². The van der Waals surface area contributed by atoms with Gasteiger partial charge in [0.1, 0.15) is 5.75 Å². The van der Waals surface area contributed by atoms with Crippen LogP contribution < -0.4 is 4.74 Å². The van der Waals surface area contributed by atoms with Crippen molar-refractivity contribution in [2.24, 2.45) is 0 Å². The highest BCUT2D eigenvalue weighted by molar-refractivity contribution is 5.29. The van der Waals surface area contributed by atoms with Crippen LogP contribution in [0.2, 0.25) is 0 Å². The van der Waals surface area contributed by atoms with Crippen molar-refractivity contribution in [3.05, 3.63) is 29.8 Å². The van der Waals surface area contributed by atoms with Crippen molar-refractivity contribution in [3.63, 3.8) is 0 Å². The Balaban J connectivity index is 1.99. The highest BCUT2D eigenvalue weighted by Crippen LogP contribution is 2.24. The number of ether oxygens (including phenoxy) is 1. The molecule has 1 fully saturated rings. The molecule has 0 amide bonds. The number of piperidine rings is 1. The average molecular weight is 279 g/mol. The minimum atomic E-state index is -0.510. The second-order valence-electron chi connectivity index (χ2n) is 5.45. The lowest BCUT2D eigenvalue weighted by molar-refractivity contribution is 0.0564. The van der Waals surface area contributed by atoms with Crippen molar-refractivity contribution in [2.75, 3.05) is 26.8 Å². The van der Waals surface area contributed by atoms with E-state index in [4.69, 9.17) is 9.84 Å². The maximum atomic E-state index is 10.4. The number of β-amino-alcohol motifs (C(OH)–C–C–N with tert-alkyl or cyclic N) is 1. The number of likely N-dealkylation sites (tertiary alicyclic amines) is 1. The Morgan fingerprint density at radius 3 is 3.00 bits per heavy atom. The van der Waals surface area contributed by atoms with Crippen molar-refractivity contribution in [3.8, 4) is 5.75 Å². The lowest BCUT2D eigenvalue weighted by Gasteiger charge is -2.36. The van der Waals surface area contributed by atoms with Gasteiger partial charge in [0.2, 0.25) is 0 Å². The standard InChI is InChI=1S/C16H25NO3/c1-20-15-7-4-5-13(11-15)16(19)12-17-9-3-2-6-14(17)8-10-18/h4-5,7,11,14,16,18-19H,2-3,6,8-10,12H2,1H3. The Labute approximate surface area is 121 Å². The molecule has 2 rings (SSSR count). The zero-order chi connectivity index (χ0) is 14.4. The largest absolute Gasteiger partial charge is 0.497 e. The van der Waals surface area contributed by atoms with Crippen LogP contribution in [0.5, 0.6) is 5.75 Å². The zero-order valence-corrected chi connectivity index (χ0v) is 12.2. The minimum Gasteiger partial charge on any atom is -0.497 e. The van der Waals surface area contributed by atoms with Gasteiger partial charge in [-0.2, -0.15) is 0 Å². The van der Waals surface area contributed by atoms with E-state index in [0.717, 1.165) is 30.7 Å². The SMILES string of the molecule is COc1cccc(C(O)CN2CCCCC2CCO)c1. The van der Waals surface area contributed by atoms with E-state index in [1.807, 2.05) is 24.3 Å². The van der Waals surface area contributed by atoms with Gasteiger partial charge in [0.15, 0.2) is 0 Å². The van der Waals surface area contributed by atoms with Crippen LogP contribution in [0.3, 0.4) is 0 Å². The molecule has 4 heteroatoms. The molecule has 1 heterocycles. The molecule has 2 N–H and O–H groups in total. The van der Waals surface area contributed by atoms with Gasteiger partial charge in [-0.25, -0.2) is 0 Å². The van der Waals surface area contributed by atoms with E-state index in [2.05, 4.69) is 4.90 Å². The molecule has 1 aliphatic rings. The molecule has 0 aromatic heterocycles. The molecule has 0 spiro atoms. The highest BCUT2D eigenvalue weighted by Gasteiger charge is 2.24. The Bertz CT molecular complexity index is 408. The lowest BCUT2D eigenvalue weighted by Crippen LogP contribution is -2.42. The number of methoxy groups -OCH3 is 1. The van der Waals surface area contributed by atoms with E-state index >= 15 is 0 Å². The normalized spacial score (nSPS) is 21.6. The fourth-order valence-electron chi connectivity index (χ4n) is 2.95. The molecule has 0 radical (unpaired) electrons. The smallest absolute Gasteiger partial charge is 0.119 e. The monoisotopic (exact) mass is 279 g/mol. The van der Waals surface area contributed by atoms with Crippen LogP contribution in [0, 0.1) is 0 Å². The molecule has 4 nitrogen and oxygen atoms in total. The number of hydrogen-bond acceptors (Lipinski definition) is 4. The molecule has 1 aliphatic heterocycles. The first-order valence-corrected chi connectivity index (χ1v) is 7.41. The van der Waals surface area contributed by atoms with Crippen LogP contribution in [-0.4, -0.2) is 48.0 Å². The summed E-state index contributed by atoms with van der Waals surface area (Å²) in [4.78, 5) is 2.31. The van der Waals surface area contributed by atoms with Gasteiger partial charge in [-0.05, 0) is 43.5 Å². The molecule has 1 aromatic carbocycles. The molecule has 1 saturated heterocycles. The van der Waals surface area contributed by atoms with E-state index in [1.165, 1.54) is 12.8 Å². The van der Waals surface area contributed by atoms with Gasteiger partial charge in [0, 0.05) is 19.2 Å². The first-order valence-electron chi connectivity index (χ1n) is 7.41. The van der Waals surface area contributed by atoms with Crippen LogP contribution in [-0.2, 0) is 0 Å². The van der Waals surface area contributed by atoms with Gasteiger partial charge >= 0.3 is 0 Å². The van der Waals surface area contributed by atoms with Crippen molar-refractivity contribution in [2.45, 2.75) is 37.8 Å². The van der Waals surface area contributed by atoms with Gasteiger partial charge in [-0.1, -0.05) is 18.6 Å². The fraction of sp³-hybridized carbons (Fsp3) is 0.625. The van der Waals surface area contributed by atoms with E-state index in [9.17, 15) is 5.11 Å². The van der Waals surface area contributed by atoms with Crippen molar-refractivity contribution in [1.29, 1.82) is 0 Å². The summed E-state index contributed by atoms with van der Waals surface area (Å²) in [5, 5.41) is 19.6.